The van der Waals surface area contributed by atoms with Crippen molar-refractivity contribution in [1.29, 1.82) is 0 Å². The van der Waals surface area contributed by atoms with Gasteiger partial charge in [-0.2, -0.15) is 0 Å². The van der Waals surface area contributed by atoms with Gasteiger partial charge in [0.05, 0.1) is 11.9 Å². The molecule has 1 aliphatic heterocycles. The van der Waals surface area contributed by atoms with Crippen molar-refractivity contribution in [2.75, 3.05) is 18.9 Å². The van der Waals surface area contributed by atoms with Gasteiger partial charge in [0, 0.05) is 45.1 Å². The van der Waals surface area contributed by atoms with E-state index in [2.05, 4.69) is 19.9 Å². The van der Waals surface area contributed by atoms with Gasteiger partial charge < -0.3 is 14.8 Å². The molecule has 1 atom stereocenters. The summed E-state index contributed by atoms with van der Waals surface area (Å²) in [7, 11) is 1.83. The van der Waals surface area contributed by atoms with E-state index in [4.69, 9.17) is 0 Å². The normalized spacial score (nSPS) is 17.1. The number of fused-ring (bicyclic) bond motifs is 1. The number of anilines is 1. The van der Waals surface area contributed by atoms with E-state index in [-0.39, 0.29) is 6.03 Å². The van der Waals surface area contributed by atoms with Gasteiger partial charge in [-0.1, -0.05) is 0 Å². The predicted octanol–water partition coefficient (Wildman–Crippen LogP) is 2.00. The highest BCUT2D eigenvalue weighted by atomic mass is 16.2. The average molecular weight is 285 g/mol. The maximum atomic E-state index is 12.1. The van der Waals surface area contributed by atoms with Gasteiger partial charge in [0.15, 0.2) is 0 Å². The topological polar surface area (TPSA) is 63.1 Å². The lowest BCUT2D eigenvalue weighted by Gasteiger charge is -2.27. The van der Waals surface area contributed by atoms with Crippen molar-refractivity contribution in [3.05, 3.63) is 42.7 Å². The second-order valence-corrected chi connectivity index (χ2v) is 5.45. The third-order valence-corrected chi connectivity index (χ3v) is 3.84. The number of imidazole rings is 1. The molecule has 0 bridgehead atoms. The molecular formula is C15H19N5O. The maximum Gasteiger partial charge on any atom is 0.321 e. The van der Waals surface area contributed by atoms with E-state index in [0.717, 1.165) is 31.8 Å². The van der Waals surface area contributed by atoms with Gasteiger partial charge in [0.25, 0.3) is 0 Å². The minimum atomic E-state index is -0.100. The number of nitrogens with one attached hydrogen (secondary N) is 1. The van der Waals surface area contributed by atoms with Crippen molar-refractivity contribution in [1.82, 2.24) is 19.4 Å². The molecule has 0 aliphatic carbocycles. The highest BCUT2D eigenvalue weighted by Crippen LogP contribution is 2.20. The van der Waals surface area contributed by atoms with Gasteiger partial charge in [-0.05, 0) is 24.5 Å². The van der Waals surface area contributed by atoms with Crippen LogP contribution in [0.15, 0.2) is 36.9 Å². The molecule has 0 fully saturated rings. The van der Waals surface area contributed by atoms with E-state index in [1.165, 1.54) is 0 Å². The molecule has 0 radical (unpaired) electrons. The molecule has 6 nitrogen and oxygen atoms in total. The Kier molecular flexibility index (Phi) is 3.85. The molecule has 3 heterocycles. The monoisotopic (exact) mass is 285 g/mol. The fourth-order valence-electron chi connectivity index (χ4n) is 2.70. The first kappa shape index (κ1) is 13.6. The van der Waals surface area contributed by atoms with Crippen molar-refractivity contribution in [3.8, 4) is 0 Å². The number of aromatic nitrogens is 3. The van der Waals surface area contributed by atoms with Gasteiger partial charge >= 0.3 is 6.03 Å². The second kappa shape index (κ2) is 5.95. The van der Waals surface area contributed by atoms with Crippen LogP contribution in [0.5, 0.6) is 0 Å². The molecule has 21 heavy (non-hydrogen) atoms. The standard InChI is InChI=1S/C15H19N5O/c1-19(15(21)18-13-3-2-5-16-10-13)11-12-4-7-20-8-6-17-14(20)9-12/h2-3,5-6,8,10,12H,4,7,9,11H2,1H3,(H,18,21). The first-order valence-electron chi connectivity index (χ1n) is 7.14. The van der Waals surface area contributed by atoms with Crippen LogP contribution >= 0.6 is 0 Å². The molecule has 3 rings (SSSR count). The van der Waals surface area contributed by atoms with E-state index in [9.17, 15) is 4.79 Å². The summed E-state index contributed by atoms with van der Waals surface area (Å²) in [6.07, 6.45) is 9.19. The summed E-state index contributed by atoms with van der Waals surface area (Å²) >= 11 is 0. The lowest BCUT2D eigenvalue weighted by atomic mass is 9.97. The summed E-state index contributed by atoms with van der Waals surface area (Å²) in [5.74, 6) is 1.58. The molecule has 110 valence electrons. The van der Waals surface area contributed by atoms with E-state index in [1.54, 1.807) is 23.4 Å². The third-order valence-electron chi connectivity index (χ3n) is 3.84. The van der Waals surface area contributed by atoms with Gasteiger partial charge in [0.2, 0.25) is 0 Å². The molecule has 0 spiro atoms. The zero-order chi connectivity index (χ0) is 14.7. The molecule has 2 aromatic rings. The number of pyridine rings is 1. The van der Waals surface area contributed by atoms with Crippen molar-refractivity contribution < 1.29 is 4.79 Å². The van der Waals surface area contributed by atoms with Crippen LogP contribution in [0.25, 0.3) is 0 Å². The number of amides is 2. The second-order valence-electron chi connectivity index (χ2n) is 5.45. The molecule has 6 heteroatoms. The number of carbonyl (C=O) groups is 1. The summed E-state index contributed by atoms with van der Waals surface area (Å²) in [6, 6.07) is 3.53. The highest BCUT2D eigenvalue weighted by Gasteiger charge is 2.22. The Morgan fingerprint density at radius 1 is 1.52 bits per heavy atom. The first-order valence-corrected chi connectivity index (χ1v) is 7.14. The smallest absolute Gasteiger partial charge is 0.321 e. The van der Waals surface area contributed by atoms with Crippen LogP contribution in [0, 0.1) is 5.92 Å². The molecule has 2 aromatic heterocycles. The van der Waals surface area contributed by atoms with Crippen molar-refractivity contribution in [2.45, 2.75) is 19.4 Å². The first-order chi connectivity index (χ1) is 10.2. The van der Waals surface area contributed by atoms with E-state index in [0.29, 0.717) is 11.6 Å². The summed E-state index contributed by atoms with van der Waals surface area (Å²) in [5.41, 5.74) is 0.716. The summed E-state index contributed by atoms with van der Waals surface area (Å²) < 4.78 is 2.19. The average Bonchev–Trinajstić information content (AvgIpc) is 2.95. The fraction of sp³-hybridized carbons (Fsp3) is 0.400. The molecule has 1 unspecified atom stereocenters. The lowest BCUT2D eigenvalue weighted by molar-refractivity contribution is 0.207. The van der Waals surface area contributed by atoms with Gasteiger partial charge in [-0.3, -0.25) is 4.98 Å². The Morgan fingerprint density at radius 2 is 2.43 bits per heavy atom. The Labute approximate surface area is 123 Å². The molecule has 0 aromatic carbocycles. The Hall–Kier alpha value is -2.37. The summed E-state index contributed by atoms with van der Waals surface area (Å²) in [5, 5.41) is 2.85. The van der Waals surface area contributed by atoms with Gasteiger partial charge in [-0.25, -0.2) is 9.78 Å². The van der Waals surface area contributed by atoms with Crippen LogP contribution in [-0.2, 0) is 13.0 Å². The number of hydrogen-bond acceptors (Lipinski definition) is 3. The van der Waals surface area contributed by atoms with Crippen LogP contribution < -0.4 is 5.32 Å². The largest absolute Gasteiger partial charge is 0.335 e. The van der Waals surface area contributed by atoms with E-state index >= 15 is 0 Å². The zero-order valence-corrected chi connectivity index (χ0v) is 12.1. The number of rotatable bonds is 3. The number of aryl methyl sites for hydroxylation is 1. The van der Waals surface area contributed by atoms with Gasteiger partial charge in [0.1, 0.15) is 5.82 Å². The molecule has 1 aliphatic rings. The van der Waals surface area contributed by atoms with Crippen LogP contribution in [0.2, 0.25) is 0 Å². The Morgan fingerprint density at radius 3 is 3.24 bits per heavy atom. The number of nitrogens with zero attached hydrogens (tertiary/aromatic N) is 4. The minimum Gasteiger partial charge on any atom is -0.335 e. The molecule has 0 saturated heterocycles. The minimum absolute atomic E-state index is 0.100. The number of urea groups is 1. The zero-order valence-electron chi connectivity index (χ0n) is 12.1. The van der Waals surface area contributed by atoms with Gasteiger partial charge in [-0.15, -0.1) is 0 Å². The quantitative estimate of drug-likeness (QED) is 0.938. The highest BCUT2D eigenvalue weighted by molar-refractivity contribution is 5.88. The van der Waals surface area contributed by atoms with Crippen molar-refractivity contribution in [3.63, 3.8) is 0 Å². The fourth-order valence-corrected chi connectivity index (χ4v) is 2.70. The molecular weight excluding hydrogens is 266 g/mol. The SMILES string of the molecule is CN(CC1CCn2ccnc2C1)C(=O)Nc1cccnc1. The number of carbonyl (C=O) groups excluding carboxylic acids is 1. The third kappa shape index (κ3) is 3.21. The Balaban J connectivity index is 1.54. The van der Waals surface area contributed by atoms with Crippen LogP contribution in [0.1, 0.15) is 12.2 Å². The van der Waals surface area contributed by atoms with Crippen LogP contribution in [0.4, 0.5) is 10.5 Å². The maximum absolute atomic E-state index is 12.1. The van der Waals surface area contributed by atoms with Crippen LogP contribution in [-0.4, -0.2) is 39.1 Å². The number of hydrogen-bond donors (Lipinski definition) is 1. The molecule has 0 saturated carbocycles. The van der Waals surface area contributed by atoms with Crippen LogP contribution in [0.3, 0.4) is 0 Å². The van der Waals surface area contributed by atoms with E-state index < -0.39 is 0 Å². The van der Waals surface area contributed by atoms with Crippen molar-refractivity contribution in [2.24, 2.45) is 5.92 Å². The molecule has 2 amide bonds. The Bertz CT molecular complexity index is 610. The van der Waals surface area contributed by atoms with E-state index in [1.807, 2.05) is 25.5 Å². The summed E-state index contributed by atoms with van der Waals surface area (Å²) in [6.45, 7) is 1.72. The lowest BCUT2D eigenvalue weighted by Crippen LogP contribution is -2.37. The summed E-state index contributed by atoms with van der Waals surface area (Å²) in [4.78, 5) is 22.2. The predicted molar refractivity (Wildman–Crippen MR) is 79.9 cm³/mol. The van der Waals surface area contributed by atoms with Crippen molar-refractivity contribution >= 4 is 11.7 Å². The molecule has 1 N–H and O–H groups in total.